The highest BCUT2D eigenvalue weighted by molar-refractivity contribution is 5.93. The van der Waals surface area contributed by atoms with Gasteiger partial charge in [-0.1, -0.05) is 48.5 Å². The second-order valence-corrected chi connectivity index (χ2v) is 7.40. The highest BCUT2D eigenvalue weighted by atomic mass is 16.5. The quantitative estimate of drug-likeness (QED) is 0.468. The van der Waals surface area contributed by atoms with E-state index in [1.165, 1.54) is 0 Å². The Balaban J connectivity index is 1.35. The van der Waals surface area contributed by atoms with Gasteiger partial charge < -0.3 is 14.6 Å². The van der Waals surface area contributed by atoms with Crippen molar-refractivity contribution in [3.8, 4) is 5.75 Å². The van der Waals surface area contributed by atoms with E-state index in [2.05, 4.69) is 10.4 Å². The fourth-order valence-electron chi connectivity index (χ4n) is 3.42. The lowest BCUT2D eigenvalue weighted by Gasteiger charge is -2.08. The van der Waals surface area contributed by atoms with Gasteiger partial charge in [-0.05, 0) is 23.3 Å². The summed E-state index contributed by atoms with van der Waals surface area (Å²) in [4.78, 5) is 24.4. The first kappa shape index (κ1) is 21.1. The lowest BCUT2D eigenvalue weighted by atomic mass is 10.1. The van der Waals surface area contributed by atoms with Crippen LogP contribution >= 0.6 is 0 Å². The van der Waals surface area contributed by atoms with Crippen LogP contribution in [0.4, 0.5) is 0 Å². The lowest BCUT2D eigenvalue weighted by Crippen LogP contribution is -2.22. The number of nitrogens with zero attached hydrogens (tertiary/aromatic N) is 3. The maximum absolute atomic E-state index is 12.5. The molecule has 0 atom stereocenters. The number of amides is 1. The van der Waals surface area contributed by atoms with Gasteiger partial charge in [-0.3, -0.25) is 14.3 Å². The van der Waals surface area contributed by atoms with Gasteiger partial charge in [0.15, 0.2) is 0 Å². The minimum Gasteiger partial charge on any atom is -0.496 e. The van der Waals surface area contributed by atoms with Gasteiger partial charge >= 0.3 is 0 Å². The Labute approximate surface area is 185 Å². The number of methoxy groups -OCH3 is 1. The van der Waals surface area contributed by atoms with Crippen LogP contribution in [0.1, 0.15) is 27.0 Å². The zero-order valence-corrected chi connectivity index (χ0v) is 17.8. The number of aromatic nitrogens is 3. The summed E-state index contributed by atoms with van der Waals surface area (Å²) in [5.74, 6) is 0.551. The van der Waals surface area contributed by atoms with Crippen molar-refractivity contribution in [2.75, 3.05) is 7.11 Å². The van der Waals surface area contributed by atoms with Crippen molar-refractivity contribution < 1.29 is 9.53 Å². The van der Waals surface area contributed by atoms with E-state index in [-0.39, 0.29) is 11.5 Å². The lowest BCUT2D eigenvalue weighted by molar-refractivity contribution is 0.0950. The van der Waals surface area contributed by atoms with Crippen LogP contribution in [0.3, 0.4) is 0 Å². The number of hydrogen-bond donors (Lipinski definition) is 1. The van der Waals surface area contributed by atoms with Crippen LogP contribution in [0.5, 0.6) is 5.75 Å². The molecule has 4 aromatic rings. The number of rotatable bonds is 8. The zero-order valence-electron chi connectivity index (χ0n) is 17.8. The van der Waals surface area contributed by atoms with Gasteiger partial charge in [0.2, 0.25) is 0 Å². The summed E-state index contributed by atoms with van der Waals surface area (Å²) >= 11 is 0. The number of carbonyl (C=O) groups excluding carboxylic acids is 1. The van der Waals surface area contributed by atoms with Crippen molar-refractivity contribution in [2.24, 2.45) is 0 Å². The summed E-state index contributed by atoms with van der Waals surface area (Å²) in [7, 11) is 1.61. The van der Waals surface area contributed by atoms with E-state index < -0.39 is 0 Å². The van der Waals surface area contributed by atoms with Crippen molar-refractivity contribution >= 4 is 5.91 Å². The van der Waals surface area contributed by atoms with Crippen molar-refractivity contribution in [3.05, 3.63) is 118 Å². The first-order valence-corrected chi connectivity index (χ1v) is 10.3. The molecule has 0 unspecified atom stereocenters. The molecule has 0 spiro atoms. The highest BCUT2D eigenvalue weighted by Gasteiger charge is 2.10. The Hall–Kier alpha value is -4.13. The largest absolute Gasteiger partial charge is 0.496 e. The van der Waals surface area contributed by atoms with E-state index in [9.17, 15) is 9.59 Å². The molecule has 2 aromatic heterocycles. The topological polar surface area (TPSA) is 78.2 Å². The van der Waals surface area contributed by atoms with Crippen LogP contribution in [0.25, 0.3) is 0 Å². The summed E-state index contributed by atoms with van der Waals surface area (Å²) in [6, 6.07) is 20.7. The van der Waals surface area contributed by atoms with E-state index in [1.807, 2.05) is 54.6 Å². The van der Waals surface area contributed by atoms with Crippen molar-refractivity contribution in [2.45, 2.75) is 19.6 Å². The molecule has 32 heavy (non-hydrogen) atoms. The maximum Gasteiger partial charge on any atom is 0.254 e. The van der Waals surface area contributed by atoms with E-state index in [0.29, 0.717) is 25.2 Å². The molecule has 0 saturated carbocycles. The normalized spacial score (nSPS) is 10.7. The Morgan fingerprint density at radius 2 is 1.69 bits per heavy atom. The molecule has 0 aliphatic heterocycles. The van der Waals surface area contributed by atoms with Crippen molar-refractivity contribution in [3.63, 3.8) is 0 Å². The van der Waals surface area contributed by atoms with Crippen LogP contribution in [-0.2, 0) is 19.6 Å². The molecular weight excluding hydrogens is 404 g/mol. The third kappa shape index (κ3) is 5.13. The monoisotopic (exact) mass is 428 g/mol. The molecule has 0 saturated heterocycles. The fraction of sp³-hybridized carbons (Fsp3) is 0.160. The molecule has 7 nitrogen and oxygen atoms in total. The predicted octanol–water partition coefficient (Wildman–Crippen LogP) is 3.08. The molecule has 2 heterocycles. The second-order valence-electron chi connectivity index (χ2n) is 7.40. The molecule has 0 radical (unpaired) electrons. The summed E-state index contributed by atoms with van der Waals surface area (Å²) in [6.45, 7) is 1.45. The summed E-state index contributed by atoms with van der Waals surface area (Å²) in [6.07, 6.45) is 5.07. The summed E-state index contributed by atoms with van der Waals surface area (Å²) in [5, 5.41) is 7.21. The Kier molecular flexibility index (Phi) is 6.46. The van der Waals surface area contributed by atoms with Gasteiger partial charge in [0.1, 0.15) is 5.75 Å². The predicted molar refractivity (Wildman–Crippen MR) is 122 cm³/mol. The van der Waals surface area contributed by atoms with Crippen molar-refractivity contribution in [1.82, 2.24) is 19.7 Å². The Morgan fingerprint density at radius 1 is 0.969 bits per heavy atom. The van der Waals surface area contributed by atoms with E-state index in [1.54, 1.807) is 47.1 Å². The Morgan fingerprint density at radius 3 is 2.44 bits per heavy atom. The Bertz CT molecular complexity index is 1260. The minimum atomic E-state index is -0.189. The average Bonchev–Trinajstić information content (AvgIpc) is 3.29. The molecule has 1 N–H and O–H groups in total. The van der Waals surface area contributed by atoms with E-state index in [0.717, 1.165) is 22.4 Å². The first-order valence-electron chi connectivity index (χ1n) is 10.3. The number of benzene rings is 2. The molecule has 0 aliphatic carbocycles. The molecule has 0 bridgehead atoms. The third-order valence-corrected chi connectivity index (χ3v) is 5.15. The van der Waals surface area contributed by atoms with E-state index >= 15 is 0 Å². The number of nitrogens with one attached hydrogen (secondary N) is 1. The highest BCUT2D eigenvalue weighted by Crippen LogP contribution is 2.17. The van der Waals surface area contributed by atoms with Crippen LogP contribution in [0.2, 0.25) is 0 Å². The van der Waals surface area contributed by atoms with Crippen LogP contribution in [0, 0.1) is 0 Å². The SMILES string of the molecule is COc1ccccc1CNC(=O)c1cnn(Cc2ccc(Cn3ccccc3=O)cc2)c1. The molecule has 0 fully saturated rings. The second kappa shape index (κ2) is 9.78. The summed E-state index contributed by atoms with van der Waals surface area (Å²) < 4.78 is 8.71. The van der Waals surface area contributed by atoms with Gasteiger partial charge in [-0.15, -0.1) is 0 Å². The van der Waals surface area contributed by atoms with Crippen LogP contribution in [-0.4, -0.2) is 27.4 Å². The number of ether oxygens (including phenoxy) is 1. The number of para-hydroxylation sites is 1. The zero-order chi connectivity index (χ0) is 22.3. The molecule has 4 rings (SSSR count). The standard InChI is InChI=1S/C25H24N4O3/c1-32-23-7-3-2-6-21(23)14-26-25(31)22-15-27-29(18-22)17-20-11-9-19(10-12-20)16-28-13-5-4-8-24(28)30/h2-13,15,18H,14,16-17H2,1H3,(H,26,31). The first-order chi connectivity index (χ1) is 15.6. The molecular formula is C25H24N4O3. The molecule has 2 aromatic carbocycles. The molecule has 162 valence electrons. The molecule has 1 amide bonds. The van der Waals surface area contributed by atoms with Crippen LogP contribution in [0.15, 0.2) is 90.1 Å². The minimum absolute atomic E-state index is 0.0235. The van der Waals surface area contributed by atoms with Crippen molar-refractivity contribution in [1.29, 1.82) is 0 Å². The average molecular weight is 428 g/mol. The number of pyridine rings is 1. The maximum atomic E-state index is 12.5. The smallest absolute Gasteiger partial charge is 0.254 e. The summed E-state index contributed by atoms with van der Waals surface area (Å²) in [5.41, 5.74) is 3.48. The molecule has 7 heteroatoms. The number of hydrogen-bond acceptors (Lipinski definition) is 4. The van der Waals surface area contributed by atoms with Gasteiger partial charge in [0, 0.05) is 30.6 Å². The van der Waals surface area contributed by atoms with E-state index in [4.69, 9.17) is 4.74 Å². The fourth-order valence-corrected chi connectivity index (χ4v) is 3.42. The van der Waals surface area contributed by atoms with Gasteiger partial charge in [0.05, 0.1) is 32.0 Å². The van der Waals surface area contributed by atoms with Gasteiger partial charge in [-0.25, -0.2) is 0 Å². The number of carbonyl (C=O) groups is 1. The third-order valence-electron chi connectivity index (χ3n) is 5.15. The molecule has 0 aliphatic rings. The van der Waals surface area contributed by atoms with Crippen LogP contribution < -0.4 is 15.6 Å². The van der Waals surface area contributed by atoms with Gasteiger partial charge in [-0.2, -0.15) is 5.10 Å². The van der Waals surface area contributed by atoms with Gasteiger partial charge in [0.25, 0.3) is 11.5 Å².